The Morgan fingerprint density at radius 1 is 0.542 bits per heavy atom. The van der Waals surface area contributed by atoms with Gasteiger partial charge in [0.15, 0.2) is 5.69 Å². The van der Waals surface area contributed by atoms with Crippen LogP contribution in [0.5, 0.6) is 17.2 Å². The van der Waals surface area contributed by atoms with Crippen molar-refractivity contribution in [1.82, 2.24) is 0 Å². The lowest BCUT2D eigenvalue weighted by atomic mass is 10.3. The molecule has 0 saturated carbocycles. The Kier molecular flexibility index (Phi) is 4.80. The zero-order chi connectivity index (χ0) is 16.7. The van der Waals surface area contributed by atoms with Gasteiger partial charge in [-0.3, -0.25) is 0 Å². The molecule has 0 heterocycles. The molecule has 0 fully saturated rings. The first-order chi connectivity index (χ1) is 11.8. The van der Waals surface area contributed by atoms with E-state index >= 15 is 0 Å². The molecule has 3 rings (SSSR count). The predicted molar refractivity (Wildman–Crippen MR) is 92.6 cm³/mol. The van der Waals surface area contributed by atoms with Crippen LogP contribution in [0.1, 0.15) is 0 Å². The molecular formula is C19H15NO3Si. The van der Waals surface area contributed by atoms with Gasteiger partial charge in [0, 0.05) is 0 Å². The zero-order valence-corrected chi connectivity index (χ0v) is 13.8. The molecular weight excluding hydrogens is 318 g/mol. The van der Waals surface area contributed by atoms with Crippen molar-refractivity contribution >= 4 is 8.80 Å². The smallest absolute Gasteiger partial charge is 0.473 e. The van der Waals surface area contributed by atoms with Gasteiger partial charge in [-0.15, -0.1) is 0 Å². The van der Waals surface area contributed by atoms with Crippen LogP contribution < -0.4 is 13.3 Å². The summed E-state index contributed by atoms with van der Waals surface area (Å²) < 4.78 is 17.7. The van der Waals surface area contributed by atoms with E-state index in [1.54, 1.807) is 36.4 Å². The average Bonchev–Trinajstić information content (AvgIpc) is 2.64. The van der Waals surface area contributed by atoms with Crippen LogP contribution in [0.3, 0.4) is 0 Å². The van der Waals surface area contributed by atoms with Crippen molar-refractivity contribution in [3.05, 3.63) is 91.0 Å². The third-order valence-electron chi connectivity index (χ3n) is 3.12. The molecule has 0 spiro atoms. The summed E-state index contributed by atoms with van der Waals surface area (Å²) in [4.78, 5) is 0. The fraction of sp³-hybridized carbons (Fsp3) is 0. The Hall–Kier alpha value is -3.23. The summed E-state index contributed by atoms with van der Waals surface area (Å²) in [5, 5.41) is 9.80. The summed E-state index contributed by atoms with van der Waals surface area (Å²) in [7, 11) is -3.69. The van der Waals surface area contributed by atoms with E-state index < -0.39 is 8.80 Å². The van der Waals surface area contributed by atoms with Gasteiger partial charge in [-0.2, -0.15) is 5.26 Å². The molecule has 0 N–H and O–H groups in total. The van der Waals surface area contributed by atoms with Crippen molar-refractivity contribution in [3.63, 3.8) is 0 Å². The molecule has 3 aromatic rings. The van der Waals surface area contributed by atoms with Crippen LogP contribution in [-0.2, 0) is 0 Å². The van der Waals surface area contributed by atoms with E-state index in [1.807, 2.05) is 54.6 Å². The molecule has 0 aliphatic rings. The van der Waals surface area contributed by atoms with E-state index in [1.165, 1.54) is 0 Å². The quantitative estimate of drug-likeness (QED) is 0.634. The van der Waals surface area contributed by atoms with Crippen molar-refractivity contribution in [2.24, 2.45) is 0 Å². The van der Waals surface area contributed by atoms with E-state index in [9.17, 15) is 5.26 Å². The minimum Gasteiger partial charge on any atom is -0.473 e. The fourth-order valence-corrected chi connectivity index (χ4v) is 3.66. The summed E-state index contributed by atoms with van der Waals surface area (Å²) in [6, 6.07) is 27.2. The maximum absolute atomic E-state index is 9.80. The molecule has 0 saturated heterocycles. The van der Waals surface area contributed by atoms with Gasteiger partial charge in [-0.25, -0.2) is 0 Å². The standard InChI is InChI=1S/C19H15NO3Si/c20-16-24(21-17-10-4-1-5-11-17,22-18-12-6-2-7-13-18)23-19-14-8-3-9-15-19/h1-15H. The van der Waals surface area contributed by atoms with E-state index in [-0.39, 0.29) is 0 Å². The van der Waals surface area contributed by atoms with E-state index in [0.29, 0.717) is 17.2 Å². The highest BCUT2D eigenvalue weighted by Gasteiger charge is 2.52. The second-order valence-corrected chi connectivity index (χ2v) is 6.86. The Bertz CT molecular complexity index is 703. The van der Waals surface area contributed by atoms with Gasteiger partial charge in [-0.1, -0.05) is 54.6 Å². The van der Waals surface area contributed by atoms with Crippen molar-refractivity contribution in [1.29, 1.82) is 5.26 Å². The normalized spacial score (nSPS) is 10.5. The second kappa shape index (κ2) is 7.35. The van der Waals surface area contributed by atoms with Crippen molar-refractivity contribution in [2.75, 3.05) is 0 Å². The number of hydrogen-bond donors (Lipinski definition) is 0. The summed E-state index contributed by atoms with van der Waals surface area (Å²) >= 11 is 0. The van der Waals surface area contributed by atoms with Gasteiger partial charge < -0.3 is 13.3 Å². The number of benzene rings is 3. The third kappa shape index (κ3) is 3.94. The lowest BCUT2D eigenvalue weighted by Crippen LogP contribution is -2.54. The van der Waals surface area contributed by atoms with E-state index in [2.05, 4.69) is 5.69 Å². The maximum Gasteiger partial charge on any atom is 0.821 e. The Morgan fingerprint density at radius 2 is 0.833 bits per heavy atom. The first-order valence-electron chi connectivity index (χ1n) is 7.43. The van der Waals surface area contributed by atoms with Crippen LogP contribution >= 0.6 is 0 Å². The molecule has 0 radical (unpaired) electrons. The van der Waals surface area contributed by atoms with Crippen LogP contribution in [-0.4, -0.2) is 8.80 Å². The van der Waals surface area contributed by atoms with Crippen molar-refractivity contribution in [2.45, 2.75) is 0 Å². The minimum absolute atomic E-state index is 0.526. The molecule has 118 valence electrons. The summed E-state index contributed by atoms with van der Waals surface area (Å²) in [5.74, 6) is 1.58. The maximum atomic E-state index is 9.80. The van der Waals surface area contributed by atoms with Gasteiger partial charge in [0.1, 0.15) is 17.2 Å². The number of hydrogen-bond acceptors (Lipinski definition) is 4. The van der Waals surface area contributed by atoms with Crippen LogP contribution in [0.2, 0.25) is 0 Å². The average molecular weight is 333 g/mol. The van der Waals surface area contributed by atoms with Crippen LogP contribution in [0.15, 0.2) is 91.0 Å². The summed E-state index contributed by atoms with van der Waals surface area (Å²) in [6.45, 7) is 0. The van der Waals surface area contributed by atoms with Gasteiger partial charge in [-0.05, 0) is 36.4 Å². The molecule has 0 aliphatic heterocycles. The Balaban J connectivity index is 1.93. The minimum atomic E-state index is -3.69. The number of nitriles is 1. The van der Waals surface area contributed by atoms with E-state index in [0.717, 1.165) is 0 Å². The first kappa shape index (κ1) is 15.7. The molecule has 24 heavy (non-hydrogen) atoms. The van der Waals surface area contributed by atoms with E-state index in [4.69, 9.17) is 13.3 Å². The van der Waals surface area contributed by atoms with Crippen LogP contribution in [0.25, 0.3) is 0 Å². The Labute approximate surface area is 141 Å². The van der Waals surface area contributed by atoms with Crippen molar-refractivity contribution < 1.29 is 13.3 Å². The van der Waals surface area contributed by atoms with Gasteiger partial charge in [0.2, 0.25) is 0 Å². The van der Waals surface area contributed by atoms with Gasteiger partial charge >= 0.3 is 8.80 Å². The summed E-state index contributed by atoms with van der Waals surface area (Å²) in [6.07, 6.45) is 0. The SMILES string of the molecule is N#C[Si](Oc1ccccc1)(Oc1ccccc1)Oc1ccccc1. The Morgan fingerprint density at radius 3 is 1.08 bits per heavy atom. The largest absolute Gasteiger partial charge is 0.821 e. The number of nitrogens with zero attached hydrogens (tertiary/aromatic N) is 1. The zero-order valence-electron chi connectivity index (χ0n) is 12.8. The lowest BCUT2D eigenvalue weighted by Gasteiger charge is -2.24. The molecule has 0 aromatic heterocycles. The second-order valence-electron chi connectivity index (χ2n) is 4.91. The van der Waals surface area contributed by atoms with Gasteiger partial charge in [0.05, 0.1) is 0 Å². The van der Waals surface area contributed by atoms with Gasteiger partial charge in [0.25, 0.3) is 0 Å². The molecule has 0 amide bonds. The number of rotatable bonds is 6. The molecule has 0 unspecified atom stereocenters. The summed E-state index contributed by atoms with van der Waals surface area (Å²) in [5.41, 5.74) is 2.13. The first-order valence-corrected chi connectivity index (χ1v) is 9.16. The fourth-order valence-electron chi connectivity index (χ4n) is 2.06. The van der Waals surface area contributed by atoms with Crippen molar-refractivity contribution in [3.8, 4) is 22.9 Å². The lowest BCUT2D eigenvalue weighted by molar-refractivity contribution is 0.282. The molecule has 4 nitrogen and oxygen atoms in total. The van der Waals surface area contributed by atoms with Crippen LogP contribution in [0, 0.1) is 11.0 Å². The molecule has 3 aromatic carbocycles. The third-order valence-corrected chi connectivity index (χ3v) is 4.91. The highest BCUT2D eigenvalue weighted by atomic mass is 28.4. The monoisotopic (exact) mass is 333 g/mol. The topological polar surface area (TPSA) is 51.5 Å². The number of para-hydroxylation sites is 3. The molecule has 5 heteroatoms. The molecule has 0 bridgehead atoms. The highest BCUT2D eigenvalue weighted by Crippen LogP contribution is 2.23. The molecule has 0 aliphatic carbocycles. The predicted octanol–water partition coefficient (Wildman–Crippen LogP) is 4.23. The van der Waals surface area contributed by atoms with Crippen LogP contribution in [0.4, 0.5) is 0 Å². The highest BCUT2D eigenvalue weighted by molar-refractivity contribution is 6.71. The molecule has 0 atom stereocenters.